The number of imide groups is 1. The first kappa shape index (κ1) is 26.8. The third-order valence-electron chi connectivity index (χ3n) is 7.59. The Kier molecular flexibility index (Phi) is 6.90. The van der Waals surface area contributed by atoms with Crippen LogP contribution in [-0.2, 0) is 4.79 Å². The van der Waals surface area contributed by atoms with Gasteiger partial charge in [-0.3, -0.25) is 24.3 Å². The topological polar surface area (TPSA) is 88.6 Å². The fourth-order valence-electron chi connectivity index (χ4n) is 4.30. The van der Waals surface area contributed by atoms with Crippen molar-refractivity contribution in [2.24, 2.45) is 0 Å². The molecule has 1 aliphatic heterocycles. The lowest BCUT2D eigenvalue weighted by Gasteiger charge is -2.36. The van der Waals surface area contributed by atoms with Gasteiger partial charge in [0.25, 0.3) is 11.8 Å². The molecule has 2 aromatic heterocycles. The lowest BCUT2D eigenvalue weighted by Crippen LogP contribution is -2.43. The fourth-order valence-corrected chi connectivity index (χ4v) is 6.26. The van der Waals surface area contributed by atoms with Crippen LogP contribution in [-0.4, -0.2) is 42.5 Å². The number of nitrogens with zero attached hydrogens (tertiary/aromatic N) is 2. The van der Waals surface area contributed by atoms with Crippen LogP contribution in [0, 0.1) is 0 Å². The Morgan fingerprint density at radius 2 is 1.67 bits per heavy atom. The van der Waals surface area contributed by atoms with Crippen molar-refractivity contribution < 1.29 is 18.8 Å². The summed E-state index contributed by atoms with van der Waals surface area (Å²) in [5.41, 5.74) is 1.41. The molecule has 4 aromatic rings. The lowest BCUT2D eigenvalue weighted by molar-refractivity contribution is -0.117. The van der Waals surface area contributed by atoms with E-state index in [1.165, 1.54) is 16.2 Å². The molecule has 0 saturated carbocycles. The lowest BCUT2D eigenvalue weighted by atomic mass is 9.97. The fraction of sp³-hybridized carbons (Fsp3) is 0.267. The van der Waals surface area contributed by atoms with Gasteiger partial charge in [0, 0.05) is 18.9 Å². The highest BCUT2D eigenvalue weighted by atomic mass is 32.1. The van der Waals surface area contributed by atoms with Crippen LogP contribution in [0.2, 0.25) is 18.1 Å². The van der Waals surface area contributed by atoms with Crippen LogP contribution in [0.1, 0.15) is 53.0 Å². The van der Waals surface area contributed by atoms with Crippen LogP contribution in [0.4, 0.5) is 5.00 Å². The van der Waals surface area contributed by atoms with Crippen molar-refractivity contribution in [2.45, 2.75) is 44.8 Å². The molecule has 3 amide bonds. The molecule has 0 spiro atoms. The number of thiophene rings is 1. The van der Waals surface area contributed by atoms with Gasteiger partial charge in [0.1, 0.15) is 5.75 Å². The second-order valence-corrected chi connectivity index (χ2v) is 17.1. The maximum absolute atomic E-state index is 13.7. The SMILES string of the molecule is CC(C)(C)[Si](C)(C)Oc1ccc(C(CN2C(=O)c3ccccc3C2=O)C(=O)Nc2cc3ccncc3s2)cc1. The quantitative estimate of drug-likeness (QED) is 0.202. The molecule has 200 valence electrons. The molecule has 1 aliphatic rings. The van der Waals surface area contributed by atoms with E-state index in [2.05, 4.69) is 44.2 Å². The van der Waals surface area contributed by atoms with Crippen molar-refractivity contribution in [3.8, 4) is 5.75 Å². The van der Waals surface area contributed by atoms with Gasteiger partial charge in [-0.15, -0.1) is 11.3 Å². The molecule has 39 heavy (non-hydrogen) atoms. The van der Waals surface area contributed by atoms with Crippen LogP contribution < -0.4 is 9.74 Å². The van der Waals surface area contributed by atoms with E-state index in [0.29, 0.717) is 21.7 Å². The zero-order valence-electron chi connectivity index (χ0n) is 22.6. The third-order valence-corrected chi connectivity index (χ3v) is 13.0. The van der Waals surface area contributed by atoms with E-state index in [1.807, 2.05) is 36.4 Å². The van der Waals surface area contributed by atoms with E-state index in [1.54, 1.807) is 36.7 Å². The summed E-state index contributed by atoms with van der Waals surface area (Å²) in [6.07, 6.45) is 3.46. The van der Waals surface area contributed by atoms with Crippen molar-refractivity contribution >= 4 is 52.5 Å². The number of fused-ring (bicyclic) bond motifs is 2. The maximum Gasteiger partial charge on any atom is 0.261 e. The number of benzene rings is 2. The number of hydrogen-bond acceptors (Lipinski definition) is 6. The molecule has 2 aromatic carbocycles. The molecule has 0 saturated heterocycles. The van der Waals surface area contributed by atoms with Gasteiger partial charge < -0.3 is 9.74 Å². The summed E-state index contributed by atoms with van der Waals surface area (Å²) >= 11 is 1.43. The number of hydrogen-bond donors (Lipinski definition) is 1. The maximum atomic E-state index is 13.7. The van der Waals surface area contributed by atoms with Crippen LogP contribution in [0.25, 0.3) is 10.1 Å². The summed E-state index contributed by atoms with van der Waals surface area (Å²) < 4.78 is 7.37. The molecule has 9 heteroatoms. The van der Waals surface area contributed by atoms with Gasteiger partial charge in [0.05, 0.1) is 26.7 Å². The average molecular weight is 558 g/mol. The van der Waals surface area contributed by atoms with Crippen LogP contribution in [0.5, 0.6) is 5.75 Å². The third kappa shape index (κ3) is 5.24. The Hall–Kier alpha value is -3.82. The van der Waals surface area contributed by atoms with Gasteiger partial charge in [-0.25, -0.2) is 0 Å². The minimum Gasteiger partial charge on any atom is -0.544 e. The zero-order valence-corrected chi connectivity index (χ0v) is 24.5. The molecule has 0 bridgehead atoms. The van der Waals surface area contributed by atoms with E-state index in [-0.39, 0.29) is 29.3 Å². The second-order valence-electron chi connectivity index (χ2n) is 11.3. The van der Waals surface area contributed by atoms with Crippen molar-refractivity contribution in [1.82, 2.24) is 9.88 Å². The number of amides is 3. The van der Waals surface area contributed by atoms with Gasteiger partial charge in [-0.2, -0.15) is 0 Å². The number of aromatic nitrogens is 1. The molecular weight excluding hydrogens is 527 g/mol. The number of pyridine rings is 1. The largest absolute Gasteiger partial charge is 0.544 e. The van der Waals surface area contributed by atoms with E-state index < -0.39 is 14.2 Å². The minimum atomic E-state index is -2.04. The number of carbonyl (C=O) groups excluding carboxylic acids is 3. The van der Waals surface area contributed by atoms with Crippen molar-refractivity contribution in [3.63, 3.8) is 0 Å². The predicted molar refractivity (Wildman–Crippen MR) is 157 cm³/mol. The number of anilines is 1. The van der Waals surface area contributed by atoms with Gasteiger partial charge >= 0.3 is 0 Å². The second kappa shape index (κ2) is 10.1. The first-order valence-corrected chi connectivity index (χ1v) is 16.6. The van der Waals surface area contributed by atoms with E-state index in [9.17, 15) is 14.4 Å². The molecule has 5 rings (SSSR count). The minimum absolute atomic E-state index is 0.0410. The first-order valence-electron chi connectivity index (χ1n) is 12.8. The normalized spacial score (nSPS) is 14.4. The molecule has 0 aliphatic carbocycles. The van der Waals surface area contributed by atoms with Crippen LogP contribution in [0.15, 0.2) is 73.1 Å². The molecule has 7 nitrogen and oxygen atoms in total. The Morgan fingerprint density at radius 3 is 2.26 bits per heavy atom. The molecule has 1 atom stereocenters. The van der Waals surface area contributed by atoms with Gasteiger partial charge in [0.2, 0.25) is 14.2 Å². The summed E-state index contributed by atoms with van der Waals surface area (Å²) in [6.45, 7) is 10.8. The molecule has 0 fully saturated rings. The summed E-state index contributed by atoms with van der Waals surface area (Å²) in [5, 5.41) is 4.70. The summed E-state index contributed by atoms with van der Waals surface area (Å²) in [5.74, 6) is -1.12. The highest BCUT2D eigenvalue weighted by molar-refractivity contribution is 7.22. The zero-order chi connectivity index (χ0) is 27.9. The average Bonchev–Trinajstić information content (AvgIpc) is 3.40. The van der Waals surface area contributed by atoms with Crippen molar-refractivity contribution in [1.29, 1.82) is 0 Å². The number of rotatable bonds is 7. The van der Waals surface area contributed by atoms with Crippen LogP contribution in [0.3, 0.4) is 0 Å². The van der Waals surface area contributed by atoms with E-state index in [4.69, 9.17) is 4.43 Å². The predicted octanol–water partition coefficient (Wildman–Crippen LogP) is 6.70. The number of nitrogens with one attached hydrogen (secondary N) is 1. The van der Waals surface area contributed by atoms with Crippen LogP contribution >= 0.6 is 11.3 Å². The first-order chi connectivity index (χ1) is 18.4. The Bertz CT molecular complexity index is 1510. The van der Waals surface area contributed by atoms with Crippen molar-refractivity contribution in [3.05, 3.63) is 89.7 Å². The number of carbonyl (C=O) groups is 3. The molecule has 3 heterocycles. The summed E-state index contributed by atoms with van der Waals surface area (Å²) in [4.78, 5) is 45.3. The highest BCUT2D eigenvalue weighted by Crippen LogP contribution is 2.38. The van der Waals surface area contributed by atoms with Crippen molar-refractivity contribution in [2.75, 3.05) is 11.9 Å². The monoisotopic (exact) mass is 557 g/mol. The molecule has 0 radical (unpaired) electrons. The van der Waals surface area contributed by atoms with Gasteiger partial charge in [-0.05, 0) is 65.5 Å². The molecule has 1 unspecified atom stereocenters. The summed E-state index contributed by atoms with van der Waals surface area (Å²) in [6, 6.07) is 18.0. The van der Waals surface area contributed by atoms with E-state index >= 15 is 0 Å². The van der Waals surface area contributed by atoms with E-state index in [0.717, 1.165) is 15.8 Å². The standard InChI is InChI=1S/C30H31N3O4SSi/c1-30(2,3)39(4,5)37-21-12-10-19(11-13-21)24(18-33-28(35)22-8-6-7-9-23(22)29(33)36)27(34)32-26-16-20-14-15-31-17-25(20)38-26/h6-17,24H,18H2,1-5H3,(H,32,34). The Labute approximate surface area is 233 Å². The molecular formula is C30H31N3O4SSi. The van der Waals surface area contributed by atoms with Gasteiger partial charge in [0.15, 0.2) is 0 Å². The Morgan fingerprint density at radius 1 is 1.03 bits per heavy atom. The Balaban J connectivity index is 1.44. The highest BCUT2D eigenvalue weighted by Gasteiger charge is 2.40. The smallest absolute Gasteiger partial charge is 0.261 e. The molecule has 1 N–H and O–H groups in total. The van der Waals surface area contributed by atoms with Gasteiger partial charge in [-0.1, -0.05) is 45.0 Å². The summed E-state index contributed by atoms with van der Waals surface area (Å²) in [7, 11) is -2.04.